The van der Waals surface area contributed by atoms with Gasteiger partial charge in [-0.15, -0.1) is 0 Å². The van der Waals surface area contributed by atoms with Crippen LogP contribution in [0.4, 0.5) is 0 Å². The summed E-state index contributed by atoms with van der Waals surface area (Å²) in [7, 11) is 0. The van der Waals surface area contributed by atoms with Gasteiger partial charge in [0, 0.05) is 24.8 Å². The molecule has 2 nitrogen and oxygen atoms in total. The molecule has 3 heteroatoms. The van der Waals surface area contributed by atoms with E-state index in [0.29, 0.717) is 0 Å². The number of aromatic nitrogens is 2. The summed E-state index contributed by atoms with van der Waals surface area (Å²) in [5.74, 6) is 0. The van der Waals surface area contributed by atoms with Crippen LogP contribution in [0.1, 0.15) is 0 Å². The molecule has 0 radical (unpaired) electrons. The van der Waals surface area contributed by atoms with E-state index in [0.717, 1.165) is 0 Å². The molecule has 0 amide bonds. The SMILES string of the molecule is [Fe+2].c1ccncc1.c1ccncc1. The smallest absolute Gasteiger partial charge is 0.265 e. The second-order valence-corrected chi connectivity index (χ2v) is 2.05. The molecule has 0 atom stereocenters. The third kappa shape index (κ3) is 7.19. The maximum absolute atomic E-state index is 3.78. The second-order valence-electron chi connectivity index (χ2n) is 2.05. The molecule has 66 valence electrons. The Hall–Kier alpha value is -1.18. The van der Waals surface area contributed by atoms with Gasteiger partial charge in [0.25, 0.3) is 0 Å². The largest absolute Gasteiger partial charge is 2.00 e. The normalized spacial score (nSPS) is 7.38. The Bertz CT molecular complexity index is 188. The van der Waals surface area contributed by atoms with E-state index in [1.54, 1.807) is 24.8 Å². The first-order valence-electron chi connectivity index (χ1n) is 3.70. The summed E-state index contributed by atoms with van der Waals surface area (Å²) in [6.45, 7) is 0. The Morgan fingerprint density at radius 3 is 0.846 bits per heavy atom. The van der Waals surface area contributed by atoms with Gasteiger partial charge in [0.2, 0.25) is 0 Å². The van der Waals surface area contributed by atoms with Gasteiger partial charge in [-0.25, -0.2) is 0 Å². The van der Waals surface area contributed by atoms with Gasteiger partial charge in [0.15, 0.2) is 0 Å². The first-order chi connectivity index (χ1) is 6.00. The molecule has 0 fully saturated rings. The first kappa shape index (κ1) is 11.8. The van der Waals surface area contributed by atoms with E-state index in [1.807, 2.05) is 36.4 Å². The predicted octanol–water partition coefficient (Wildman–Crippen LogP) is 2.16. The quantitative estimate of drug-likeness (QED) is 0.628. The van der Waals surface area contributed by atoms with Crippen LogP contribution in [0.3, 0.4) is 0 Å². The molecule has 13 heavy (non-hydrogen) atoms. The van der Waals surface area contributed by atoms with Crippen LogP contribution in [-0.2, 0) is 17.1 Å². The summed E-state index contributed by atoms with van der Waals surface area (Å²) in [6, 6.07) is 11.4. The fraction of sp³-hybridized carbons (Fsp3) is 0. The first-order valence-corrected chi connectivity index (χ1v) is 3.70. The molecule has 2 heterocycles. The molecule has 0 aliphatic carbocycles. The summed E-state index contributed by atoms with van der Waals surface area (Å²) in [5.41, 5.74) is 0. The van der Waals surface area contributed by atoms with Gasteiger partial charge in [0.1, 0.15) is 0 Å². The fourth-order valence-corrected chi connectivity index (χ4v) is 0.625. The van der Waals surface area contributed by atoms with Crippen molar-refractivity contribution in [2.24, 2.45) is 0 Å². The number of nitrogens with zero attached hydrogens (tertiary/aromatic N) is 2. The van der Waals surface area contributed by atoms with E-state index in [1.165, 1.54) is 0 Å². The molecule has 0 unspecified atom stereocenters. The van der Waals surface area contributed by atoms with Crippen molar-refractivity contribution in [3.63, 3.8) is 0 Å². The molecule has 0 saturated heterocycles. The maximum atomic E-state index is 3.78. The van der Waals surface area contributed by atoms with Gasteiger partial charge in [-0.05, 0) is 24.3 Å². The van der Waals surface area contributed by atoms with Gasteiger partial charge in [-0.1, -0.05) is 12.1 Å². The van der Waals surface area contributed by atoms with E-state index in [4.69, 9.17) is 0 Å². The van der Waals surface area contributed by atoms with Crippen molar-refractivity contribution in [3.8, 4) is 0 Å². The Morgan fingerprint density at radius 1 is 0.462 bits per heavy atom. The van der Waals surface area contributed by atoms with Crippen LogP contribution in [0.15, 0.2) is 61.2 Å². The fourth-order valence-electron chi connectivity index (χ4n) is 0.625. The zero-order valence-electron chi connectivity index (χ0n) is 7.02. The number of hydrogen-bond donors (Lipinski definition) is 0. The van der Waals surface area contributed by atoms with Crippen LogP contribution in [0.25, 0.3) is 0 Å². The van der Waals surface area contributed by atoms with E-state index < -0.39 is 0 Å². The minimum absolute atomic E-state index is 0. The minimum Gasteiger partial charge on any atom is -0.265 e. The molecule has 0 aromatic carbocycles. The molecule has 0 bridgehead atoms. The van der Waals surface area contributed by atoms with Crippen molar-refractivity contribution in [2.45, 2.75) is 0 Å². The zero-order chi connectivity index (χ0) is 8.49. The van der Waals surface area contributed by atoms with E-state index in [2.05, 4.69) is 9.97 Å². The molecular weight excluding hydrogens is 204 g/mol. The standard InChI is InChI=1S/2C5H5N.Fe/c2*1-2-4-6-5-3-1;/h2*1-5H;/q;;+2. The van der Waals surface area contributed by atoms with Crippen molar-refractivity contribution in [2.75, 3.05) is 0 Å². The molecule has 0 aliphatic rings. The van der Waals surface area contributed by atoms with Gasteiger partial charge in [-0.2, -0.15) is 0 Å². The third-order valence-corrected chi connectivity index (χ3v) is 1.13. The average molecular weight is 214 g/mol. The summed E-state index contributed by atoms with van der Waals surface area (Å²) in [6.07, 6.45) is 7.00. The Balaban J connectivity index is 0.000000206. The van der Waals surface area contributed by atoms with Crippen LogP contribution >= 0.6 is 0 Å². The molecule has 0 spiro atoms. The zero-order valence-corrected chi connectivity index (χ0v) is 8.13. The summed E-state index contributed by atoms with van der Waals surface area (Å²) < 4.78 is 0. The van der Waals surface area contributed by atoms with Gasteiger partial charge in [0.05, 0.1) is 0 Å². The molecule has 2 rings (SSSR count). The molecule has 0 aliphatic heterocycles. The van der Waals surface area contributed by atoms with E-state index in [9.17, 15) is 0 Å². The van der Waals surface area contributed by atoms with Gasteiger partial charge in [-0.3, -0.25) is 9.97 Å². The molecule has 2 aromatic heterocycles. The second kappa shape index (κ2) is 8.91. The van der Waals surface area contributed by atoms with E-state index in [-0.39, 0.29) is 17.1 Å². The molecule has 0 N–H and O–H groups in total. The third-order valence-electron chi connectivity index (χ3n) is 1.13. The molecular formula is C10H10FeN2+2. The van der Waals surface area contributed by atoms with Crippen LogP contribution in [0.5, 0.6) is 0 Å². The average Bonchev–Trinajstić information content (AvgIpc) is 2.24. The number of hydrogen-bond acceptors (Lipinski definition) is 2. The van der Waals surface area contributed by atoms with Gasteiger partial charge >= 0.3 is 17.1 Å². The maximum Gasteiger partial charge on any atom is 2.00 e. The van der Waals surface area contributed by atoms with Crippen LogP contribution in [0.2, 0.25) is 0 Å². The van der Waals surface area contributed by atoms with Crippen molar-refractivity contribution in [1.82, 2.24) is 9.97 Å². The summed E-state index contributed by atoms with van der Waals surface area (Å²) in [5, 5.41) is 0. The van der Waals surface area contributed by atoms with Crippen LogP contribution in [-0.4, -0.2) is 9.97 Å². The van der Waals surface area contributed by atoms with Gasteiger partial charge < -0.3 is 0 Å². The van der Waals surface area contributed by atoms with Crippen LogP contribution < -0.4 is 0 Å². The topological polar surface area (TPSA) is 25.8 Å². The predicted molar refractivity (Wildman–Crippen MR) is 48.5 cm³/mol. The van der Waals surface area contributed by atoms with Crippen LogP contribution in [0, 0.1) is 0 Å². The monoisotopic (exact) mass is 214 g/mol. The van der Waals surface area contributed by atoms with Crippen molar-refractivity contribution >= 4 is 0 Å². The molecule has 0 saturated carbocycles. The number of pyridine rings is 2. The minimum atomic E-state index is 0. The Kier molecular flexibility index (Phi) is 8.10. The molecule has 2 aromatic rings. The van der Waals surface area contributed by atoms with Crippen molar-refractivity contribution in [3.05, 3.63) is 61.2 Å². The Morgan fingerprint density at radius 2 is 0.769 bits per heavy atom. The summed E-state index contributed by atoms with van der Waals surface area (Å²) >= 11 is 0. The van der Waals surface area contributed by atoms with Crippen molar-refractivity contribution in [1.29, 1.82) is 0 Å². The number of rotatable bonds is 0. The summed E-state index contributed by atoms with van der Waals surface area (Å²) in [4.78, 5) is 7.57. The van der Waals surface area contributed by atoms with E-state index >= 15 is 0 Å². The Labute approximate surface area is 88.5 Å². The van der Waals surface area contributed by atoms with Crippen molar-refractivity contribution < 1.29 is 17.1 Å².